The van der Waals surface area contributed by atoms with Crippen LogP contribution in [0.1, 0.15) is 6.92 Å². The smallest absolute Gasteiger partial charge is 0.324 e. The lowest BCUT2D eigenvalue weighted by Gasteiger charge is -2.06. The van der Waals surface area contributed by atoms with E-state index in [9.17, 15) is 13.2 Å². The summed E-state index contributed by atoms with van der Waals surface area (Å²) in [5, 5.41) is 2.21. The van der Waals surface area contributed by atoms with Gasteiger partial charge in [0.05, 0.1) is 5.02 Å². The maximum atomic E-state index is 11.6. The van der Waals surface area contributed by atoms with E-state index in [1.807, 2.05) is 0 Å². The Morgan fingerprint density at radius 2 is 2.06 bits per heavy atom. The monoisotopic (exact) mass is 263 g/mol. The van der Waals surface area contributed by atoms with Crippen molar-refractivity contribution < 1.29 is 17.4 Å². The lowest BCUT2D eigenvalue weighted by Crippen LogP contribution is -2.26. The minimum atomic E-state index is -4.16. The predicted octanol–water partition coefficient (Wildman–Crippen LogP) is 1.77. The van der Waals surface area contributed by atoms with Gasteiger partial charge in [-0.1, -0.05) is 23.7 Å². The minimum absolute atomic E-state index is 0.00629. The molecule has 0 radical (unpaired) electrons. The Hall–Kier alpha value is -1.27. The minimum Gasteiger partial charge on any atom is -0.324 e. The lowest BCUT2D eigenvalue weighted by atomic mass is 10.4. The van der Waals surface area contributed by atoms with Gasteiger partial charge >= 0.3 is 16.2 Å². The highest BCUT2D eigenvalue weighted by atomic mass is 35.5. The van der Waals surface area contributed by atoms with E-state index in [4.69, 9.17) is 11.6 Å². The molecule has 0 aliphatic carbocycles. The van der Waals surface area contributed by atoms with E-state index in [0.717, 1.165) is 0 Å². The van der Waals surface area contributed by atoms with Crippen molar-refractivity contribution in [1.82, 2.24) is 5.32 Å². The van der Waals surface area contributed by atoms with E-state index in [-0.39, 0.29) is 16.5 Å². The van der Waals surface area contributed by atoms with Crippen LogP contribution in [0.4, 0.5) is 4.79 Å². The highest BCUT2D eigenvalue weighted by molar-refractivity contribution is 7.87. The Morgan fingerprint density at radius 1 is 1.44 bits per heavy atom. The first kappa shape index (κ1) is 12.8. The number of hydrogen-bond acceptors (Lipinski definition) is 4. The third-order valence-corrected chi connectivity index (χ3v) is 3.32. The topological polar surface area (TPSA) is 72.5 Å². The zero-order valence-electron chi connectivity index (χ0n) is 8.44. The van der Waals surface area contributed by atoms with Gasteiger partial charge in [0.2, 0.25) is 0 Å². The molecular formula is C9H10ClNO4S. The van der Waals surface area contributed by atoms with Gasteiger partial charge in [0.15, 0.2) is 0 Å². The van der Waals surface area contributed by atoms with Crippen molar-refractivity contribution in [3.05, 3.63) is 29.3 Å². The number of carbonyl (C=O) groups excluding carboxylic acids is 1. The largest absolute Gasteiger partial charge is 0.423 e. The van der Waals surface area contributed by atoms with Crippen LogP contribution >= 0.6 is 11.6 Å². The first-order chi connectivity index (χ1) is 7.47. The molecule has 0 fully saturated rings. The molecule has 0 aliphatic rings. The quantitative estimate of drug-likeness (QED) is 0.844. The Morgan fingerprint density at radius 3 is 2.62 bits per heavy atom. The van der Waals surface area contributed by atoms with Gasteiger partial charge in [-0.2, -0.15) is 8.42 Å². The lowest BCUT2D eigenvalue weighted by molar-refractivity contribution is 0.203. The molecule has 0 spiro atoms. The molecule has 0 aliphatic heterocycles. The molecule has 5 nitrogen and oxygen atoms in total. The third kappa shape index (κ3) is 3.11. The van der Waals surface area contributed by atoms with Crippen LogP contribution in [0, 0.1) is 0 Å². The van der Waals surface area contributed by atoms with E-state index >= 15 is 0 Å². The summed E-state index contributed by atoms with van der Waals surface area (Å²) in [7, 11) is -4.16. The number of benzene rings is 1. The van der Waals surface area contributed by atoms with Gasteiger partial charge in [-0.25, -0.2) is 4.79 Å². The first-order valence-electron chi connectivity index (χ1n) is 4.44. The molecule has 0 unspecified atom stereocenters. The molecule has 1 rings (SSSR count). The molecule has 1 amide bonds. The van der Waals surface area contributed by atoms with Gasteiger partial charge in [-0.15, -0.1) is 0 Å². The van der Waals surface area contributed by atoms with Crippen molar-refractivity contribution >= 4 is 27.8 Å². The average Bonchev–Trinajstić information content (AvgIpc) is 2.17. The van der Waals surface area contributed by atoms with Gasteiger partial charge < -0.3 is 9.50 Å². The van der Waals surface area contributed by atoms with Gasteiger partial charge in [0.25, 0.3) is 0 Å². The van der Waals surface area contributed by atoms with Crippen molar-refractivity contribution in [2.45, 2.75) is 11.8 Å². The molecule has 0 saturated heterocycles. The van der Waals surface area contributed by atoms with Crippen LogP contribution in [0.15, 0.2) is 29.2 Å². The Balaban J connectivity index is 2.95. The summed E-state index contributed by atoms with van der Waals surface area (Å²) < 4.78 is 27.4. The molecule has 1 N–H and O–H groups in total. The van der Waals surface area contributed by atoms with E-state index in [2.05, 4.69) is 9.50 Å². The molecule has 1 aromatic carbocycles. The fraction of sp³-hybridized carbons (Fsp3) is 0.222. The molecule has 0 saturated carbocycles. The Kier molecular flexibility index (Phi) is 4.14. The summed E-state index contributed by atoms with van der Waals surface area (Å²) in [6.07, 6.45) is -1.03. The molecule has 7 heteroatoms. The average molecular weight is 264 g/mol. The highest BCUT2D eigenvalue weighted by Crippen LogP contribution is 2.22. The molecule has 0 bridgehead atoms. The van der Waals surface area contributed by atoms with Crippen molar-refractivity contribution in [3.63, 3.8) is 0 Å². The van der Waals surface area contributed by atoms with E-state index < -0.39 is 16.2 Å². The van der Waals surface area contributed by atoms with Crippen LogP contribution in [0.25, 0.3) is 0 Å². The van der Waals surface area contributed by atoms with E-state index in [1.165, 1.54) is 18.2 Å². The highest BCUT2D eigenvalue weighted by Gasteiger charge is 2.22. The Bertz CT molecular complexity index is 486. The van der Waals surface area contributed by atoms with E-state index in [0.29, 0.717) is 0 Å². The van der Waals surface area contributed by atoms with Crippen LogP contribution in [-0.4, -0.2) is 21.1 Å². The molecule has 0 atom stereocenters. The zero-order chi connectivity index (χ0) is 12.2. The van der Waals surface area contributed by atoms with Crippen LogP contribution in [0.5, 0.6) is 0 Å². The van der Waals surface area contributed by atoms with Gasteiger partial charge in [-0.3, -0.25) is 0 Å². The number of carbonyl (C=O) groups is 1. The fourth-order valence-corrected chi connectivity index (χ4v) is 2.29. The third-order valence-electron chi connectivity index (χ3n) is 1.61. The SMILES string of the molecule is CCNC(=O)OS(=O)(=O)c1ccccc1Cl. The van der Waals surface area contributed by atoms with Crippen molar-refractivity contribution in [3.8, 4) is 0 Å². The summed E-state index contributed by atoms with van der Waals surface area (Å²) in [6, 6.07) is 5.72. The predicted molar refractivity (Wildman–Crippen MR) is 58.8 cm³/mol. The van der Waals surface area contributed by atoms with Gasteiger partial charge in [0, 0.05) is 6.54 Å². The Labute approximate surface area is 98.5 Å². The van der Waals surface area contributed by atoms with Crippen LogP contribution < -0.4 is 5.32 Å². The molecule has 0 heterocycles. The maximum absolute atomic E-state index is 11.6. The zero-order valence-corrected chi connectivity index (χ0v) is 10.0. The van der Waals surface area contributed by atoms with Gasteiger partial charge in [0.1, 0.15) is 4.90 Å². The summed E-state index contributed by atoms with van der Waals surface area (Å²) in [4.78, 5) is 10.8. The second-order valence-corrected chi connectivity index (χ2v) is 4.71. The number of hydrogen-bond donors (Lipinski definition) is 1. The summed E-state index contributed by atoms with van der Waals surface area (Å²) in [6.45, 7) is 1.92. The number of amides is 1. The number of rotatable bonds is 3. The summed E-state index contributed by atoms with van der Waals surface area (Å²) in [5.41, 5.74) is 0. The van der Waals surface area contributed by atoms with Crippen molar-refractivity contribution in [1.29, 1.82) is 0 Å². The van der Waals surface area contributed by atoms with Crippen LogP contribution in [-0.2, 0) is 14.3 Å². The summed E-state index contributed by atoms with van der Waals surface area (Å²) in [5.74, 6) is 0. The number of halogens is 1. The maximum Gasteiger partial charge on any atom is 0.423 e. The first-order valence-corrected chi connectivity index (χ1v) is 6.23. The molecule has 88 valence electrons. The fourth-order valence-electron chi connectivity index (χ4n) is 0.966. The standard InChI is InChI=1S/C9H10ClNO4S/c1-2-11-9(12)15-16(13,14)8-6-4-3-5-7(8)10/h3-6H,2H2,1H3,(H,11,12). The number of nitrogens with one attached hydrogen (secondary N) is 1. The van der Waals surface area contributed by atoms with Crippen molar-refractivity contribution in [2.75, 3.05) is 6.54 Å². The molecule has 1 aromatic rings. The molecular weight excluding hydrogens is 254 g/mol. The molecule has 0 aromatic heterocycles. The van der Waals surface area contributed by atoms with Crippen molar-refractivity contribution in [2.24, 2.45) is 0 Å². The van der Waals surface area contributed by atoms with E-state index in [1.54, 1.807) is 13.0 Å². The summed E-state index contributed by atoms with van der Waals surface area (Å²) >= 11 is 5.68. The van der Waals surface area contributed by atoms with Gasteiger partial charge in [-0.05, 0) is 19.1 Å². The van der Waals surface area contributed by atoms with Crippen LogP contribution in [0.3, 0.4) is 0 Å². The normalized spacial score (nSPS) is 10.9. The van der Waals surface area contributed by atoms with Crippen LogP contribution in [0.2, 0.25) is 5.02 Å². The second-order valence-electron chi connectivity index (χ2n) is 2.79. The molecule has 16 heavy (non-hydrogen) atoms. The second kappa shape index (κ2) is 5.18.